The number of amides is 4. The van der Waals surface area contributed by atoms with Gasteiger partial charge >= 0.3 is 24.1 Å². The van der Waals surface area contributed by atoms with Gasteiger partial charge in [0.1, 0.15) is 38.4 Å². The highest BCUT2D eigenvalue weighted by Crippen LogP contribution is 2.46. The van der Waals surface area contributed by atoms with E-state index in [1.807, 2.05) is 131 Å². The average molecular weight is 1260 g/mol. The Bertz CT molecular complexity index is 2880. The molecule has 0 saturated carbocycles. The summed E-state index contributed by atoms with van der Waals surface area (Å²) in [5.41, 5.74) is 10.7. The summed E-state index contributed by atoms with van der Waals surface area (Å²) in [4.78, 5) is 78.1. The average Bonchev–Trinajstić information content (AvgIpc) is 1.69. The van der Waals surface area contributed by atoms with Gasteiger partial charge in [0.15, 0.2) is 0 Å². The largest absolute Gasteiger partial charge is 0.464 e. The van der Waals surface area contributed by atoms with Gasteiger partial charge in [-0.05, 0) is 81.3 Å². The van der Waals surface area contributed by atoms with E-state index in [0.717, 1.165) is 94.2 Å². The minimum absolute atomic E-state index is 0.0947. The lowest BCUT2D eigenvalue weighted by Crippen LogP contribution is -2.47. The Kier molecular flexibility index (Phi) is 29.5. The molecule has 0 aliphatic heterocycles. The minimum atomic E-state index is -0.891. The van der Waals surface area contributed by atoms with Gasteiger partial charge in [-0.15, -0.1) is 0 Å². The maximum atomic E-state index is 13.3. The standard InChI is InChI=1S/C74H90N4O10S2/c79-69(51-75-73(83)87-53-65-61-41-25-21-37-57(61)58-38-22-26-42-62(58)65)77-67(49-55-33-17-15-18-34-55)71(81)85-45-29-11-7-3-1-5-9-13-31-47-89-90-48-32-14-10-6-2-4-8-12-30-46-86-72(82)68(50-56-35-19-16-20-36-56)78-70(80)52-76-74(84)88-54-66-63-43-27-23-39-59(63)60-40-24-28-44-64(60)66/h15-28,33-44,65-68H,1-14,29-32,45-54H2,(H,75,83)(H,76,84)(H,77,79)(H,78,80)/t67-,68-/m0/s1. The molecule has 0 fully saturated rings. The molecule has 0 aromatic heterocycles. The van der Waals surface area contributed by atoms with Crippen LogP contribution in [0, 0.1) is 0 Å². The highest BCUT2D eigenvalue weighted by Gasteiger charge is 2.31. The van der Waals surface area contributed by atoms with Crippen LogP contribution in [0.4, 0.5) is 9.59 Å². The lowest BCUT2D eigenvalue weighted by Gasteiger charge is -2.18. The third-order valence-corrected chi connectivity index (χ3v) is 19.2. The molecular formula is C74H90N4O10S2. The molecule has 0 spiro atoms. The number of nitrogens with one attached hydrogen (secondary N) is 4. The van der Waals surface area contributed by atoms with Gasteiger partial charge < -0.3 is 40.2 Å². The zero-order chi connectivity index (χ0) is 62.8. The van der Waals surface area contributed by atoms with E-state index >= 15 is 0 Å². The van der Waals surface area contributed by atoms with Crippen molar-refractivity contribution in [3.8, 4) is 22.3 Å². The summed E-state index contributed by atoms with van der Waals surface area (Å²) in [6.45, 7) is 0.195. The maximum absolute atomic E-state index is 13.3. The molecule has 0 bridgehead atoms. The fraction of sp³-hybridized carbons (Fsp3) is 0.432. The van der Waals surface area contributed by atoms with Crippen molar-refractivity contribution < 1.29 is 47.7 Å². The third kappa shape index (κ3) is 22.7. The van der Waals surface area contributed by atoms with Crippen LogP contribution in [0.3, 0.4) is 0 Å². The second-order valence-electron chi connectivity index (χ2n) is 23.3. The van der Waals surface area contributed by atoms with E-state index in [1.165, 1.54) is 88.6 Å². The van der Waals surface area contributed by atoms with Crippen molar-refractivity contribution in [2.24, 2.45) is 0 Å². The SMILES string of the molecule is O=C(CNC(=O)OCC1c2ccccc2-c2ccccc21)N[C@@H](Cc1ccccc1)C(=O)OCCCCCCCCCCCSSCCCCCCCCCCCOC(=O)[C@H](Cc1ccccc1)NC(=O)CNC(=O)OCC1c2ccccc2-c2ccccc21. The van der Waals surface area contributed by atoms with E-state index in [-0.39, 0.29) is 51.0 Å². The van der Waals surface area contributed by atoms with Crippen LogP contribution in [-0.4, -0.2) is 99.0 Å². The van der Waals surface area contributed by atoms with E-state index < -0.39 is 48.0 Å². The molecule has 4 N–H and O–H groups in total. The molecule has 14 nitrogen and oxygen atoms in total. The van der Waals surface area contributed by atoms with Gasteiger partial charge in [0, 0.05) is 36.2 Å². The molecule has 0 saturated heterocycles. The molecule has 0 radical (unpaired) electrons. The van der Waals surface area contributed by atoms with Crippen molar-refractivity contribution in [2.75, 3.05) is 51.0 Å². The number of benzene rings is 6. The van der Waals surface area contributed by atoms with E-state index in [2.05, 4.69) is 69.8 Å². The lowest BCUT2D eigenvalue weighted by atomic mass is 9.98. The summed E-state index contributed by atoms with van der Waals surface area (Å²) in [6.07, 6.45) is 19.7. The van der Waals surface area contributed by atoms with E-state index in [9.17, 15) is 28.8 Å². The Labute approximate surface area is 540 Å². The second kappa shape index (κ2) is 38.9. The van der Waals surface area contributed by atoms with Gasteiger partial charge in [-0.3, -0.25) is 9.59 Å². The number of fused-ring (bicyclic) bond motifs is 6. The van der Waals surface area contributed by atoms with Crippen LogP contribution < -0.4 is 21.3 Å². The third-order valence-electron chi connectivity index (χ3n) is 16.6. The molecule has 8 rings (SSSR count). The van der Waals surface area contributed by atoms with Crippen LogP contribution in [0.1, 0.15) is 161 Å². The molecule has 90 heavy (non-hydrogen) atoms. The van der Waals surface area contributed by atoms with E-state index in [1.54, 1.807) is 0 Å². The van der Waals surface area contributed by atoms with Crippen molar-refractivity contribution in [3.63, 3.8) is 0 Å². The molecule has 16 heteroatoms. The quantitative estimate of drug-likeness (QED) is 0.0123. The van der Waals surface area contributed by atoms with Gasteiger partial charge in [0.2, 0.25) is 11.8 Å². The predicted octanol–water partition coefficient (Wildman–Crippen LogP) is 15.0. The number of alkyl carbamates (subject to hydrolysis) is 2. The van der Waals surface area contributed by atoms with Crippen LogP contribution in [0.5, 0.6) is 0 Å². The first-order valence-electron chi connectivity index (χ1n) is 32.6. The topological polar surface area (TPSA) is 187 Å². The molecule has 0 unspecified atom stereocenters. The van der Waals surface area contributed by atoms with Gasteiger partial charge in [0.25, 0.3) is 0 Å². The van der Waals surface area contributed by atoms with Crippen molar-refractivity contribution in [3.05, 3.63) is 191 Å². The number of carbonyl (C=O) groups is 6. The van der Waals surface area contributed by atoms with E-state index in [4.69, 9.17) is 18.9 Å². The molecule has 2 atom stereocenters. The zero-order valence-corrected chi connectivity index (χ0v) is 53.7. The van der Waals surface area contributed by atoms with Gasteiger partial charge in [-0.1, -0.05) is 269 Å². The van der Waals surface area contributed by atoms with Crippen molar-refractivity contribution in [1.29, 1.82) is 0 Å². The van der Waals surface area contributed by atoms with Crippen LogP contribution in [-0.2, 0) is 51.0 Å². The molecule has 2 aliphatic rings. The van der Waals surface area contributed by atoms with Crippen molar-refractivity contribution in [2.45, 2.75) is 152 Å². The second-order valence-corrected chi connectivity index (χ2v) is 26.0. The Hall–Kier alpha value is -7.56. The van der Waals surface area contributed by atoms with Crippen molar-refractivity contribution >= 4 is 57.5 Å². The number of hydrogen-bond acceptors (Lipinski definition) is 12. The first-order valence-corrected chi connectivity index (χ1v) is 35.1. The Morgan fingerprint density at radius 3 is 0.967 bits per heavy atom. The summed E-state index contributed by atoms with van der Waals surface area (Å²) < 4.78 is 22.5. The molecular weight excluding hydrogens is 1170 g/mol. The van der Waals surface area contributed by atoms with Crippen molar-refractivity contribution in [1.82, 2.24) is 21.3 Å². The molecule has 0 heterocycles. The minimum Gasteiger partial charge on any atom is -0.464 e. The number of unbranched alkanes of at least 4 members (excludes halogenated alkanes) is 16. The number of hydrogen-bond donors (Lipinski definition) is 4. The summed E-state index contributed by atoms with van der Waals surface area (Å²) in [6, 6.07) is 49.6. The molecule has 4 amide bonds. The predicted molar refractivity (Wildman–Crippen MR) is 360 cm³/mol. The molecule has 2 aliphatic carbocycles. The molecule has 6 aromatic carbocycles. The Morgan fingerprint density at radius 2 is 0.633 bits per heavy atom. The number of esters is 2. The summed E-state index contributed by atoms with van der Waals surface area (Å²) in [5.74, 6) is 0.234. The van der Waals surface area contributed by atoms with Crippen LogP contribution >= 0.6 is 21.6 Å². The molecule has 6 aromatic rings. The number of rotatable bonds is 41. The van der Waals surface area contributed by atoms with Gasteiger partial charge in [-0.2, -0.15) is 0 Å². The lowest BCUT2D eigenvalue weighted by molar-refractivity contribution is -0.148. The first kappa shape index (κ1) is 68.4. The highest BCUT2D eigenvalue weighted by molar-refractivity contribution is 8.76. The summed E-state index contributed by atoms with van der Waals surface area (Å²) in [7, 11) is 4.02. The Morgan fingerprint density at radius 1 is 0.344 bits per heavy atom. The fourth-order valence-electron chi connectivity index (χ4n) is 11.8. The highest BCUT2D eigenvalue weighted by atomic mass is 33.1. The number of ether oxygens (including phenoxy) is 4. The smallest absolute Gasteiger partial charge is 0.407 e. The Balaban J connectivity index is 0.569. The first-order chi connectivity index (χ1) is 44.2. The van der Waals surface area contributed by atoms with Gasteiger partial charge in [0.05, 0.1) is 13.2 Å². The van der Waals surface area contributed by atoms with Crippen LogP contribution in [0.2, 0.25) is 0 Å². The number of carbonyl (C=O) groups excluding carboxylic acids is 6. The van der Waals surface area contributed by atoms with Gasteiger partial charge in [-0.25, -0.2) is 19.2 Å². The fourth-order valence-corrected chi connectivity index (χ4v) is 14.1. The summed E-state index contributed by atoms with van der Waals surface area (Å²) in [5, 5.41) is 10.6. The van der Waals surface area contributed by atoms with Crippen LogP contribution in [0.25, 0.3) is 22.3 Å². The van der Waals surface area contributed by atoms with E-state index in [0.29, 0.717) is 13.2 Å². The zero-order valence-electron chi connectivity index (χ0n) is 52.0. The monoisotopic (exact) mass is 1260 g/mol. The normalized spacial score (nSPS) is 12.8. The summed E-state index contributed by atoms with van der Waals surface area (Å²) >= 11 is 0. The maximum Gasteiger partial charge on any atom is 0.407 e. The van der Waals surface area contributed by atoms with Crippen LogP contribution in [0.15, 0.2) is 158 Å². The molecule has 478 valence electrons.